The molecule has 0 aliphatic carbocycles. The number of hydrogen-bond acceptors (Lipinski definition) is 2. The van der Waals surface area contributed by atoms with E-state index in [9.17, 15) is 18.0 Å². The van der Waals surface area contributed by atoms with Crippen LogP contribution in [0.5, 0.6) is 0 Å². The van der Waals surface area contributed by atoms with Gasteiger partial charge in [-0.25, -0.2) is 4.79 Å². The van der Waals surface area contributed by atoms with E-state index in [1.165, 1.54) is 0 Å². The summed E-state index contributed by atoms with van der Waals surface area (Å²) in [7, 11) is 0. The Morgan fingerprint density at radius 1 is 1.29 bits per heavy atom. The van der Waals surface area contributed by atoms with Crippen molar-refractivity contribution >= 4 is 5.97 Å². The summed E-state index contributed by atoms with van der Waals surface area (Å²) in [6.07, 6.45) is -4.67. The van der Waals surface area contributed by atoms with Crippen molar-refractivity contribution < 1.29 is 27.8 Å². The molecule has 0 aliphatic rings. The predicted molar refractivity (Wildman–Crippen MR) is 71.0 cm³/mol. The van der Waals surface area contributed by atoms with E-state index >= 15 is 0 Å². The maximum absolute atomic E-state index is 12.9. The van der Waals surface area contributed by atoms with Crippen molar-refractivity contribution in [2.24, 2.45) is 0 Å². The summed E-state index contributed by atoms with van der Waals surface area (Å²) in [6, 6.07) is 2.72. The molecule has 0 spiro atoms. The number of hydrogen-bond donors (Lipinski definition) is 1. The lowest BCUT2D eigenvalue weighted by molar-refractivity contribution is -0.137. The van der Waals surface area contributed by atoms with Crippen molar-refractivity contribution in [3.8, 4) is 11.8 Å². The van der Waals surface area contributed by atoms with Crippen LogP contribution >= 0.6 is 0 Å². The maximum Gasteiger partial charge on any atom is 0.417 e. The topological polar surface area (TPSA) is 46.5 Å². The van der Waals surface area contributed by atoms with Crippen molar-refractivity contribution in [3.63, 3.8) is 0 Å². The van der Waals surface area contributed by atoms with Crippen LogP contribution in [-0.4, -0.2) is 23.3 Å². The molecule has 1 N–H and O–H groups in total. The summed E-state index contributed by atoms with van der Waals surface area (Å²) in [5.74, 6) is 3.45. The largest absolute Gasteiger partial charge is 0.478 e. The van der Waals surface area contributed by atoms with Gasteiger partial charge in [-0.15, -0.1) is 0 Å². The smallest absolute Gasteiger partial charge is 0.417 e. The number of ether oxygens (including phenoxy) is 1. The minimum absolute atomic E-state index is 0.0124. The van der Waals surface area contributed by atoms with Crippen LogP contribution in [0, 0.1) is 11.8 Å². The highest BCUT2D eigenvalue weighted by molar-refractivity contribution is 5.88. The van der Waals surface area contributed by atoms with Gasteiger partial charge in [0.1, 0.15) is 6.61 Å². The lowest BCUT2D eigenvalue weighted by Crippen LogP contribution is -2.19. The molecule has 21 heavy (non-hydrogen) atoms. The normalized spacial score (nSPS) is 11.7. The molecule has 0 aromatic heterocycles. The first-order valence-electron chi connectivity index (χ1n) is 6.08. The summed E-state index contributed by atoms with van der Waals surface area (Å²) >= 11 is 0. The average molecular weight is 300 g/mol. The number of halogens is 3. The Morgan fingerprint density at radius 3 is 2.38 bits per heavy atom. The van der Waals surface area contributed by atoms with Gasteiger partial charge in [-0.05, 0) is 39.0 Å². The van der Waals surface area contributed by atoms with Gasteiger partial charge >= 0.3 is 12.1 Å². The number of alkyl halides is 3. The van der Waals surface area contributed by atoms with Crippen LogP contribution in [0.25, 0.3) is 0 Å². The summed E-state index contributed by atoms with van der Waals surface area (Å²) in [4.78, 5) is 10.7. The molecule has 1 aromatic rings. The quantitative estimate of drug-likeness (QED) is 0.849. The third kappa shape index (κ3) is 5.48. The molecule has 3 nitrogen and oxygen atoms in total. The van der Waals surface area contributed by atoms with E-state index < -0.39 is 28.9 Å². The summed E-state index contributed by atoms with van der Waals surface area (Å²) in [6.45, 7) is 5.40. The molecule has 0 bridgehead atoms. The molecule has 114 valence electrons. The third-order valence-electron chi connectivity index (χ3n) is 2.37. The number of carboxylic acid groups (broad SMARTS) is 1. The van der Waals surface area contributed by atoms with Crippen LogP contribution in [0.3, 0.4) is 0 Å². The Bertz CT molecular complexity index is 587. The lowest BCUT2D eigenvalue weighted by Gasteiger charge is -2.17. The highest BCUT2D eigenvalue weighted by Crippen LogP contribution is 2.32. The maximum atomic E-state index is 12.9. The second-order valence-corrected chi connectivity index (χ2v) is 5.27. The molecular formula is C15H15F3O3. The Kier molecular flexibility index (Phi) is 5.02. The van der Waals surface area contributed by atoms with Gasteiger partial charge in [-0.3, -0.25) is 0 Å². The molecule has 0 radical (unpaired) electrons. The van der Waals surface area contributed by atoms with Gasteiger partial charge in [-0.1, -0.05) is 11.8 Å². The fourth-order valence-electron chi connectivity index (χ4n) is 1.40. The first-order chi connectivity index (χ1) is 9.50. The first-order valence-corrected chi connectivity index (χ1v) is 6.08. The Morgan fingerprint density at radius 2 is 1.90 bits per heavy atom. The monoisotopic (exact) mass is 300 g/mol. The lowest BCUT2D eigenvalue weighted by atomic mass is 10.0. The number of carboxylic acids is 1. The second-order valence-electron chi connectivity index (χ2n) is 5.27. The zero-order valence-corrected chi connectivity index (χ0v) is 11.8. The zero-order valence-electron chi connectivity index (χ0n) is 11.8. The standard InChI is InChI=1S/C15H15F3O3/c1-14(2,3)21-8-4-5-10-6-7-11(13(19)20)9-12(10)15(16,17)18/h6-7,9H,8H2,1-3H3,(H,19,20). The van der Waals surface area contributed by atoms with Crippen LogP contribution in [0.1, 0.15) is 42.3 Å². The molecule has 0 atom stereocenters. The molecule has 0 unspecified atom stereocenters. The van der Waals surface area contributed by atoms with Gasteiger partial charge in [0, 0.05) is 5.56 Å². The van der Waals surface area contributed by atoms with Gasteiger partial charge in [-0.2, -0.15) is 13.2 Å². The number of carbonyl (C=O) groups is 1. The van der Waals surface area contributed by atoms with Crippen molar-refractivity contribution in [2.45, 2.75) is 32.5 Å². The van der Waals surface area contributed by atoms with Gasteiger partial charge < -0.3 is 9.84 Å². The number of aromatic carboxylic acids is 1. The van der Waals surface area contributed by atoms with Gasteiger partial charge in [0.25, 0.3) is 0 Å². The summed E-state index contributed by atoms with van der Waals surface area (Å²) < 4.78 is 44.0. The number of benzene rings is 1. The van der Waals surface area contributed by atoms with Gasteiger partial charge in [0.15, 0.2) is 0 Å². The van der Waals surface area contributed by atoms with Crippen LogP contribution in [0.2, 0.25) is 0 Å². The fraction of sp³-hybridized carbons (Fsp3) is 0.400. The van der Waals surface area contributed by atoms with E-state index in [0.717, 1.165) is 12.1 Å². The highest BCUT2D eigenvalue weighted by Gasteiger charge is 2.33. The van der Waals surface area contributed by atoms with E-state index in [2.05, 4.69) is 11.8 Å². The van der Waals surface area contributed by atoms with E-state index in [4.69, 9.17) is 9.84 Å². The van der Waals surface area contributed by atoms with Crippen LogP contribution in [-0.2, 0) is 10.9 Å². The van der Waals surface area contributed by atoms with Crippen LogP contribution < -0.4 is 0 Å². The molecule has 1 aromatic carbocycles. The second kappa shape index (κ2) is 6.19. The van der Waals surface area contributed by atoms with E-state index in [0.29, 0.717) is 6.07 Å². The van der Waals surface area contributed by atoms with Crippen molar-refractivity contribution in [1.29, 1.82) is 0 Å². The molecule has 6 heteroatoms. The minimum atomic E-state index is -4.67. The Hall–Kier alpha value is -2.00. The van der Waals surface area contributed by atoms with Crippen molar-refractivity contribution in [1.82, 2.24) is 0 Å². The van der Waals surface area contributed by atoms with Crippen molar-refractivity contribution in [3.05, 3.63) is 34.9 Å². The van der Waals surface area contributed by atoms with Gasteiger partial charge in [0.05, 0.1) is 16.7 Å². The zero-order chi connectivity index (χ0) is 16.3. The van der Waals surface area contributed by atoms with Gasteiger partial charge in [0.2, 0.25) is 0 Å². The molecule has 0 fully saturated rings. The average Bonchev–Trinajstić information content (AvgIpc) is 2.32. The minimum Gasteiger partial charge on any atom is -0.478 e. The highest BCUT2D eigenvalue weighted by atomic mass is 19.4. The molecule has 0 saturated carbocycles. The summed E-state index contributed by atoms with van der Waals surface area (Å²) in [5.41, 5.74) is -2.20. The third-order valence-corrected chi connectivity index (χ3v) is 2.37. The molecule has 0 heterocycles. The SMILES string of the molecule is CC(C)(C)OCC#Cc1ccc(C(=O)O)cc1C(F)(F)F. The predicted octanol–water partition coefficient (Wildman–Crippen LogP) is 3.57. The number of rotatable bonds is 2. The summed E-state index contributed by atoms with van der Waals surface area (Å²) in [5, 5.41) is 8.75. The molecule has 0 aliphatic heterocycles. The van der Waals surface area contributed by atoms with Crippen molar-refractivity contribution in [2.75, 3.05) is 6.61 Å². The van der Waals surface area contributed by atoms with Crippen LogP contribution in [0.4, 0.5) is 13.2 Å². The fourth-order valence-corrected chi connectivity index (χ4v) is 1.40. The Labute approximate surface area is 120 Å². The van der Waals surface area contributed by atoms with E-state index in [1.54, 1.807) is 20.8 Å². The van der Waals surface area contributed by atoms with Crippen LogP contribution in [0.15, 0.2) is 18.2 Å². The first kappa shape index (κ1) is 17.1. The molecule has 0 saturated heterocycles. The molecular weight excluding hydrogens is 285 g/mol. The van der Waals surface area contributed by atoms with E-state index in [1.807, 2.05) is 0 Å². The Balaban J connectivity index is 3.08. The molecule has 0 amide bonds. The molecule has 1 rings (SSSR count). The van der Waals surface area contributed by atoms with E-state index in [-0.39, 0.29) is 12.2 Å².